The predicted molar refractivity (Wildman–Crippen MR) is 83.0 cm³/mol. The van der Waals surface area contributed by atoms with Gasteiger partial charge in [0.2, 0.25) is 5.91 Å². The average molecular weight is 270 g/mol. The van der Waals surface area contributed by atoms with Gasteiger partial charge in [-0.3, -0.25) is 4.79 Å². The molecule has 1 aromatic carbocycles. The second-order valence-corrected chi connectivity index (χ2v) is 5.73. The molecule has 1 amide bonds. The number of amides is 1. The summed E-state index contributed by atoms with van der Waals surface area (Å²) in [7, 11) is 0. The van der Waals surface area contributed by atoms with Crippen molar-refractivity contribution in [2.24, 2.45) is 5.92 Å². The van der Waals surface area contributed by atoms with Crippen molar-refractivity contribution in [3.63, 3.8) is 0 Å². The standard InChI is InChI=1S/C17H22N2O/c20-17(13-14-7-1-2-8-14)18-15-9-3-4-10-16(15)19-11-5-6-12-19/h1,3-4,7,9-10,14H,2,5-6,8,11-13H2,(H,18,20). The van der Waals surface area contributed by atoms with Gasteiger partial charge in [0.15, 0.2) is 0 Å². The Morgan fingerprint density at radius 3 is 2.80 bits per heavy atom. The number of benzene rings is 1. The molecule has 1 saturated heterocycles. The number of hydrogen-bond acceptors (Lipinski definition) is 2. The zero-order chi connectivity index (χ0) is 13.8. The molecule has 1 N–H and O–H groups in total. The molecule has 1 heterocycles. The van der Waals surface area contributed by atoms with E-state index in [1.54, 1.807) is 0 Å². The van der Waals surface area contributed by atoms with Gasteiger partial charge in [-0.2, -0.15) is 0 Å². The van der Waals surface area contributed by atoms with E-state index in [4.69, 9.17) is 0 Å². The van der Waals surface area contributed by atoms with E-state index in [0.29, 0.717) is 12.3 Å². The molecule has 1 aliphatic heterocycles. The third-order valence-electron chi connectivity index (χ3n) is 4.18. The average Bonchev–Trinajstić information content (AvgIpc) is 3.11. The number of hydrogen-bond donors (Lipinski definition) is 1. The number of nitrogens with zero attached hydrogens (tertiary/aromatic N) is 1. The number of allylic oxidation sites excluding steroid dienone is 2. The van der Waals surface area contributed by atoms with Crippen LogP contribution in [-0.4, -0.2) is 19.0 Å². The summed E-state index contributed by atoms with van der Waals surface area (Å²) in [6, 6.07) is 8.15. The van der Waals surface area contributed by atoms with E-state index in [2.05, 4.69) is 28.4 Å². The Morgan fingerprint density at radius 2 is 2.05 bits per heavy atom. The fourth-order valence-corrected chi connectivity index (χ4v) is 3.12. The summed E-state index contributed by atoms with van der Waals surface area (Å²) < 4.78 is 0. The number of para-hydroxylation sites is 2. The molecule has 1 unspecified atom stereocenters. The Bertz CT molecular complexity index is 503. The number of carbonyl (C=O) groups is 1. The largest absolute Gasteiger partial charge is 0.370 e. The molecule has 0 spiro atoms. The number of rotatable bonds is 4. The second kappa shape index (κ2) is 6.12. The van der Waals surface area contributed by atoms with Crippen molar-refractivity contribution in [3.05, 3.63) is 36.4 Å². The van der Waals surface area contributed by atoms with Crippen LogP contribution in [-0.2, 0) is 4.79 Å². The highest BCUT2D eigenvalue weighted by molar-refractivity contribution is 5.94. The Morgan fingerprint density at radius 1 is 1.25 bits per heavy atom. The molecule has 0 aromatic heterocycles. The lowest BCUT2D eigenvalue weighted by molar-refractivity contribution is -0.116. The zero-order valence-electron chi connectivity index (χ0n) is 11.8. The molecule has 20 heavy (non-hydrogen) atoms. The van der Waals surface area contributed by atoms with Crippen LogP contribution in [0.1, 0.15) is 32.1 Å². The molecule has 3 nitrogen and oxygen atoms in total. The Balaban J connectivity index is 1.66. The maximum absolute atomic E-state index is 12.2. The molecule has 1 aromatic rings. The van der Waals surface area contributed by atoms with Crippen LogP contribution in [0.5, 0.6) is 0 Å². The van der Waals surface area contributed by atoms with Crippen molar-refractivity contribution < 1.29 is 4.79 Å². The maximum atomic E-state index is 12.2. The lowest BCUT2D eigenvalue weighted by Gasteiger charge is -2.21. The first-order chi connectivity index (χ1) is 9.83. The van der Waals surface area contributed by atoms with Crippen LogP contribution in [0, 0.1) is 5.92 Å². The zero-order valence-corrected chi connectivity index (χ0v) is 11.8. The Labute approximate surface area is 120 Å². The van der Waals surface area contributed by atoms with E-state index >= 15 is 0 Å². The van der Waals surface area contributed by atoms with Gasteiger partial charge in [-0.25, -0.2) is 0 Å². The fourth-order valence-electron chi connectivity index (χ4n) is 3.12. The quantitative estimate of drug-likeness (QED) is 0.848. The van der Waals surface area contributed by atoms with Gasteiger partial charge in [0, 0.05) is 19.5 Å². The van der Waals surface area contributed by atoms with Gasteiger partial charge < -0.3 is 10.2 Å². The van der Waals surface area contributed by atoms with Crippen molar-refractivity contribution in [2.45, 2.75) is 32.1 Å². The van der Waals surface area contributed by atoms with Gasteiger partial charge in [0.1, 0.15) is 0 Å². The third-order valence-corrected chi connectivity index (χ3v) is 4.18. The van der Waals surface area contributed by atoms with E-state index < -0.39 is 0 Å². The van der Waals surface area contributed by atoms with E-state index in [1.165, 1.54) is 18.5 Å². The molecule has 2 aliphatic rings. The molecule has 0 saturated carbocycles. The van der Waals surface area contributed by atoms with Crippen LogP contribution in [0.4, 0.5) is 11.4 Å². The van der Waals surface area contributed by atoms with Gasteiger partial charge in [-0.1, -0.05) is 24.3 Å². The summed E-state index contributed by atoms with van der Waals surface area (Å²) in [4.78, 5) is 14.5. The van der Waals surface area contributed by atoms with Gasteiger partial charge in [0.25, 0.3) is 0 Å². The molecule has 0 radical (unpaired) electrons. The highest BCUT2D eigenvalue weighted by Gasteiger charge is 2.18. The van der Waals surface area contributed by atoms with Crippen molar-refractivity contribution >= 4 is 17.3 Å². The second-order valence-electron chi connectivity index (χ2n) is 5.73. The summed E-state index contributed by atoms with van der Waals surface area (Å²) in [6.45, 7) is 2.19. The normalized spacial score (nSPS) is 21.4. The summed E-state index contributed by atoms with van der Waals surface area (Å²) >= 11 is 0. The van der Waals surface area contributed by atoms with E-state index in [1.807, 2.05) is 18.2 Å². The van der Waals surface area contributed by atoms with Crippen molar-refractivity contribution in [3.8, 4) is 0 Å². The van der Waals surface area contributed by atoms with Gasteiger partial charge >= 0.3 is 0 Å². The summed E-state index contributed by atoms with van der Waals surface area (Å²) in [5.74, 6) is 0.558. The van der Waals surface area contributed by atoms with Crippen LogP contribution in [0.25, 0.3) is 0 Å². The van der Waals surface area contributed by atoms with E-state index in [-0.39, 0.29) is 5.91 Å². The Kier molecular flexibility index (Phi) is 4.05. The van der Waals surface area contributed by atoms with Crippen LogP contribution in [0.3, 0.4) is 0 Å². The van der Waals surface area contributed by atoms with Gasteiger partial charge in [-0.15, -0.1) is 0 Å². The third kappa shape index (κ3) is 3.03. The van der Waals surface area contributed by atoms with Crippen LogP contribution >= 0.6 is 0 Å². The molecular formula is C17H22N2O. The predicted octanol–water partition coefficient (Wildman–Crippen LogP) is 3.58. The first kappa shape index (κ1) is 13.2. The molecule has 1 fully saturated rings. The molecule has 3 rings (SSSR count). The Hall–Kier alpha value is -1.77. The minimum Gasteiger partial charge on any atom is -0.370 e. The fraction of sp³-hybridized carbons (Fsp3) is 0.471. The topological polar surface area (TPSA) is 32.3 Å². The molecule has 0 bridgehead atoms. The first-order valence-corrected chi connectivity index (χ1v) is 7.63. The summed E-state index contributed by atoms with van der Waals surface area (Å²) in [5.41, 5.74) is 2.13. The summed E-state index contributed by atoms with van der Waals surface area (Å²) in [6.07, 6.45) is 9.67. The molecule has 1 aliphatic carbocycles. The SMILES string of the molecule is O=C(CC1C=CCC1)Nc1ccccc1N1CCCC1. The van der Waals surface area contributed by atoms with Crippen molar-refractivity contribution in [1.29, 1.82) is 0 Å². The minimum atomic E-state index is 0.133. The minimum absolute atomic E-state index is 0.133. The van der Waals surface area contributed by atoms with Crippen molar-refractivity contribution in [1.82, 2.24) is 0 Å². The molecule has 3 heteroatoms. The first-order valence-electron chi connectivity index (χ1n) is 7.63. The highest BCUT2D eigenvalue weighted by atomic mass is 16.1. The van der Waals surface area contributed by atoms with Crippen LogP contribution in [0.2, 0.25) is 0 Å². The van der Waals surface area contributed by atoms with Crippen LogP contribution < -0.4 is 10.2 Å². The van der Waals surface area contributed by atoms with Crippen LogP contribution in [0.15, 0.2) is 36.4 Å². The number of nitrogens with one attached hydrogen (secondary N) is 1. The van der Waals surface area contributed by atoms with Gasteiger partial charge in [-0.05, 0) is 43.7 Å². The van der Waals surface area contributed by atoms with Gasteiger partial charge in [0.05, 0.1) is 11.4 Å². The smallest absolute Gasteiger partial charge is 0.225 e. The lowest BCUT2D eigenvalue weighted by atomic mass is 10.0. The van der Waals surface area contributed by atoms with E-state index in [0.717, 1.165) is 31.6 Å². The highest BCUT2D eigenvalue weighted by Crippen LogP contribution is 2.29. The molecular weight excluding hydrogens is 248 g/mol. The maximum Gasteiger partial charge on any atom is 0.225 e. The number of anilines is 2. The van der Waals surface area contributed by atoms with E-state index in [9.17, 15) is 4.79 Å². The summed E-state index contributed by atoms with van der Waals surface area (Å²) in [5, 5.41) is 3.10. The lowest BCUT2D eigenvalue weighted by Crippen LogP contribution is -2.21. The molecule has 1 atom stereocenters. The van der Waals surface area contributed by atoms with Crippen molar-refractivity contribution in [2.75, 3.05) is 23.3 Å². The number of carbonyl (C=O) groups excluding carboxylic acids is 1. The monoisotopic (exact) mass is 270 g/mol. The molecule has 106 valence electrons.